The Morgan fingerprint density at radius 1 is 1.53 bits per heavy atom. The molecule has 15 heavy (non-hydrogen) atoms. The molecule has 0 bridgehead atoms. The van der Waals surface area contributed by atoms with Crippen molar-refractivity contribution in [2.24, 2.45) is 0 Å². The van der Waals surface area contributed by atoms with Crippen molar-refractivity contribution in [2.75, 3.05) is 6.54 Å². The van der Waals surface area contributed by atoms with Gasteiger partial charge in [-0.3, -0.25) is 0 Å². The molecule has 1 aromatic carbocycles. The highest BCUT2D eigenvalue weighted by molar-refractivity contribution is 6.30. The van der Waals surface area contributed by atoms with Gasteiger partial charge in [0.2, 0.25) is 0 Å². The van der Waals surface area contributed by atoms with Crippen LogP contribution in [0.1, 0.15) is 24.0 Å². The van der Waals surface area contributed by atoms with Crippen molar-refractivity contribution in [2.45, 2.75) is 32.2 Å². The van der Waals surface area contributed by atoms with Gasteiger partial charge in [-0.25, -0.2) is 4.39 Å². The zero-order chi connectivity index (χ0) is 10.8. The van der Waals surface area contributed by atoms with Gasteiger partial charge < -0.3 is 5.32 Å². The quantitative estimate of drug-likeness (QED) is 0.819. The van der Waals surface area contributed by atoms with Crippen molar-refractivity contribution in [1.29, 1.82) is 0 Å². The van der Waals surface area contributed by atoms with E-state index in [1.54, 1.807) is 6.07 Å². The van der Waals surface area contributed by atoms with Crippen LogP contribution in [0.15, 0.2) is 12.1 Å². The topological polar surface area (TPSA) is 12.0 Å². The fourth-order valence-corrected chi connectivity index (χ4v) is 2.29. The summed E-state index contributed by atoms with van der Waals surface area (Å²) in [7, 11) is 0. The minimum Gasteiger partial charge on any atom is -0.314 e. The fourth-order valence-electron chi connectivity index (χ4n) is 2.12. The Kier molecular flexibility index (Phi) is 3.27. The first-order valence-electron chi connectivity index (χ1n) is 5.35. The van der Waals surface area contributed by atoms with E-state index in [2.05, 4.69) is 5.32 Å². The molecule has 1 aromatic rings. The third kappa shape index (κ3) is 2.32. The van der Waals surface area contributed by atoms with E-state index in [-0.39, 0.29) is 10.8 Å². The Morgan fingerprint density at radius 3 is 3.00 bits per heavy atom. The van der Waals surface area contributed by atoms with Crippen molar-refractivity contribution >= 4 is 11.6 Å². The SMILES string of the molecule is Cc1ccc(Cl)c(F)c1CC1CCCN1. The van der Waals surface area contributed by atoms with Crippen LogP contribution in [0, 0.1) is 12.7 Å². The van der Waals surface area contributed by atoms with Gasteiger partial charge in [0.1, 0.15) is 5.82 Å². The van der Waals surface area contributed by atoms with Crippen LogP contribution in [0.2, 0.25) is 5.02 Å². The van der Waals surface area contributed by atoms with Crippen LogP contribution in [-0.4, -0.2) is 12.6 Å². The molecule has 1 atom stereocenters. The van der Waals surface area contributed by atoms with Gasteiger partial charge in [-0.1, -0.05) is 17.7 Å². The molecule has 2 rings (SSSR count). The van der Waals surface area contributed by atoms with E-state index in [1.807, 2.05) is 13.0 Å². The third-order valence-corrected chi connectivity index (χ3v) is 3.34. The molecule has 1 aliphatic heterocycles. The van der Waals surface area contributed by atoms with Gasteiger partial charge in [0, 0.05) is 6.04 Å². The average Bonchev–Trinajstić information content (AvgIpc) is 2.71. The van der Waals surface area contributed by atoms with Gasteiger partial charge in [0.15, 0.2) is 0 Å². The second kappa shape index (κ2) is 4.50. The molecular weight excluding hydrogens is 213 g/mol. The minimum absolute atomic E-state index is 0.230. The minimum atomic E-state index is -0.245. The van der Waals surface area contributed by atoms with E-state index in [4.69, 9.17) is 11.6 Å². The first-order chi connectivity index (χ1) is 7.18. The van der Waals surface area contributed by atoms with Crippen LogP contribution in [0.3, 0.4) is 0 Å². The Hall–Kier alpha value is -0.600. The Labute approximate surface area is 94.6 Å². The fraction of sp³-hybridized carbons (Fsp3) is 0.500. The molecule has 1 saturated heterocycles. The molecule has 1 heterocycles. The Bertz CT molecular complexity index is 359. The number of rotatable bonds is 2. The molecule has 0 amide bonds. The lowest BCUT2D eigenvalue weighted by Gasteiger charge is -2.13. The van der Waals surface area contributed by atoms with Crippen LogP contribution in [-0.2, 0) is 6.42 Å². The van der Waals surface area contributed by atoms with E-state index in [0.29, 0.717) is 6.04 Å². The van der Waals surface area contributed by atoms with Gasteiger partial charge in [-0.05, 0) is 49.9 Å². The summed E-state index contributed by atoms with van der Waals surface area (Å²) in [5, 5.41) is 3.60. The molecule has 0 spiro atoms. The number of benzene rings is 1. The summed E-state index contributed by atoms with van der Waals surface area (Å²) in [6.45, 7) is 2.98. The van der Waals surface area contributed by atoms with Gasteiger partial charge in [0.05, 0.1) is 5.02 Å². The van der Waals surface area contributed by atoms with E-state index in [0.717, 1.165) is 30.5 Å². The molecule has 82 valence electrons. The first kappa shape index (κ1) is 10.9. The molecule has 3 heteroatoms. The molecular formula is C12H15ClFN. The van der Waals surface area contributed by atoms with Crippen LogP contribution in [0.4, 0.5) is 4.39 Å². The molecule has 0 saturated carbocycles. The normalized spacial score (nSPS) is 20.9. The number of nitrogens with one attached hydrogen (secondary N) is 1. The molecule has 1 nitrogen and oxygen atoms in total. The molecule has 1 N–H and O–H groups in total. The van der Waals surface area contributed by atoms with Crippen LogP contribution in [0.5, 0.6) is 0 Å². The van der Waals surface area contributed by atoms with E-state index in [1.165, 1.54) is 6.42 Å². The highest BCUT2D eigenvalue weighted by Gasteiger charge is 2.18. The predicted molar refractivity (Wildman–Crippen MR) is 60.9 cm³/mol. The molecule has 1 unspecified atom stereocenters. The Balaban J connectivity index is 2.22. The van der Waals surface area contributed by atoms with Gasteiger partial charge in [-0.15, -0.1) is 0 Å². The Morgan fingerprint density at radius 2 is 2.33 bits per heavy atom. The van der Waals surface area contributed by atoms with Crippen LogP contribution in [0.25, 0.3) is 0 Å². The van der Waals surface area contributed by atoms with Gasteiger partial charge in [0.25, 0.3) is 0 Å². The molecule has 1 aliphatic rings. The zero-order valence-electron chi connectivity index (χ0n) is 8.82. The third-order valence-electron chi connectivity index (χ3n) is 3.04. The van der Waals surface area contributed by atoms with Crippen molar-refractivity contribution in [3.8, 4) is 0 Å². The largest absolute Gasteiger partial charge is 0.314 e. The molecule has 0 radical (unpaired) electrons. The van der Waals surface area contributed by atoms with Crippen LogP contribution >= 0.6 is 11.6 Å². The first-order valence-corrected chi connectivity index (χ1v) is 5.73. The maximum Gasteiger partial charge on any atom is 0.145 e. The van der Waals surface area contributed by atoms with Crippen molar-refractivity contribution in [3.63, 3.8) is 0 Å². The van der Waals surface area contributed by atoms with E-state index < -0.39 is 0 Å². The standard InChI is InChI=1S/C12H15ClFN/c1-8-4-5-11(13)12(14)10(8)7-9-3-2-6-15-9/h4-5,9,15H,2-3,6-7H2,1H3. The van der Waals surface area contributed by atoms with Crippen LogP contribution < -0.4 is 5.32 Å². The second-order valence-electron chi connectivity index (χ2n) is 4.15. The number of halogens is 2. The van der Waals surface area contributed by atoms with Gasteiger partial charge >= 0.3 is 0 Å². The summed E-state index contributed by atoms with van der Waals surface area (Å²) < 4.78 is 13.8. The van der Waals surface area contributed by atoms with Crippen molar-refractivity contribution in [1.82, 2.24) is 5.32 Å². The summed E-state index contributed by atoms with van der Waals surface area (Å²) in [5.41, 5.74) is 1.76. The predicted octanol–water partition coefficient (Wildman–Crippen LogP) is 3.08. The lowest BCUT2D eigenvalue weighted by Crippen LogP contribution is -2.24. The monoisotopic (exact) mass is 227 g/mol. The van der Waals surface area contributed by atoms with E-state index in [9.17, 15) is 4.39 Å². The maximum atomic E-state index is 13.8. The lowest BCUT2D eigenvalue weighted by atomic mass is 9.99. The maximum absolute atomic E-state index is 13.8. The number of aryl methyl sites for hydroxylation is 1. The summed E-state index contributed by atoms with van der Waals surface area (Å²) in [6, 6.07) is 3.92. The highest BCUT2D eigenvalue weighted by atomic mass is 35.5. The zero-order valence-corrected chi connectivity index (χ0v) is 9.57. The number of hydrogen-bond donors (Lipinski definition) is 1. The second-order valence-corrected chi connectivity index (χ2v) is 4.56. The van der Waals surface area contributed by atoms with Gasteiger partial charge in [-0.2, -0.15) is 0 Å². The summed E-state index contributed by atoms with van der Waals surface area (Å²) in [6.07, 6.45) is 3.06. The summed E-state index contributed by atoms with van der Waals surface area (Å²) >= 11 is 5.78. The molecule has 0 aromatic heterocycles. The summed E-state index contributed by atoms with van der Waals surface area (Å²) in [4.78, 5) is 0. The summed E-state index contributed by atoms with van der Waals surface area (Å²) in [5.74, 6) is -0.245. The lowest BCUT2D eigenvalue weighted by molar-refractivity contribution is 0.558. The van der Waals surface area contributed by atoms with Crippen molar-refractivity contribution < 1.29 is 4.39 Å². The van der Waals surface area contributed by atoms with E-state index >= 15 is 0 Å². The number of hydrogen-bond acceptors (Lipinski definition) is 1. The molecule has 0 aliphatic carbocycles. The highest BCUT2D eigenvalue weighted by Crippen LogP contribution is 2.24. The smallest absolute Gasteiger partial charge is 0.145 e. The molecule has 1 fully saturated rings. The van der Waals surface area contributed by atoms with Crippen molar-refractivity contribution in [3.05, 3.63) is 34.1 Å². The average molecular weight is 228 g/mol.